The highest BCUT2D eigenvalue weighted by Crippen LogP contribution is 2.42. The van der Waals surface area contributed by atoms with E-state index >= 15 is 0 Å². The summed E-state index contributed by atoms with van der Waals surface area (Å²) < 4.78 is 121. The van der Waals surface area contributed by atoms with Crippen LogP contribution in [0, 0.1) is 0 Å². The Morgan fingerprint density at radius 2 is 0.938 bits per heavy atom. The third-order valence-corrected chi connectivity index (χ3v) is 13.7. The van der Waals surface area contributed by atoms with Gasteiger partial charge >= 0.3 is 83.7 Å². The molecule has 1 unspecified atom stereocenters. The molecule has 544 valence electrons. The quantitative estimate of drug-likeness (QED) is 0.0394. The zero-order valence-electron chi connectivity index (χ0n) is 55.2. The monoisotopic (exact) mass is 1400 g/mol. The van der Waals surface area contributed by atoms with Crippen molar-refractivity contribution in [2.45, 2.75) is 225 Å². The van der Waals surface area contributed by atoms with Crippen LogP contribution in [0.1, 0.15) is 96.4 Å². The summed E-state index contributed by atoms with van der Waals surface area (Å²) in [6.45, 7) is 11.2. The summed E-state index contributed by atoms with van der Waals surface area (Å²) in [6, 6.07) is -3.90. The summed E-state index contributed by atoms with van der Waals surface area (Å²) in [5.74, 6) is -18.8. The van der Waals surface area contributed by atoms with Gasteiger partial charge in [0.25, 0.3) is 5.79 Å². The Hall–Kier alpha value is -8.73. The molecule has 4 rings (SSSR count). The molecule has 3 N–H and O–H groups in total. The smallest absolute Gasteiger partial charge is 0.407 e. The number of carbonyl (C=O) groups excluding carboxylic acids is 15. The van der Waals surface area contributed by atoms with Crippen LogP contribution >= 0.6 is 0 Å². The second-order valence-electron chi connectivity index (χ2n) is 21.7. The van der Waals surface area contributed by atoms with E-state index in [-0.39, 0.29) is 0 Å². The van der Waals surface area contributed by atoms with Gasteiger partial charge in [0.2, 0.25) is 12.2 Å². The first-order chi connectivity index (χ1) is 45.4. The van der Waals surface area contributed by atoms with Gasteiger partial charge in [-0.25, -0.2) is 9.59 Å². The Kier molecular flexibility index (Phi) is 30.9. The number of amides is 2. The lowest BCUT2D eigenvalue weighted by molar-refractivity contribution is -0.387. The van der Waals surface area contributed by atoms with Crippen LogP contribution in [-0.4, -0.2) is 263 Å². The van der Waals surface area contributed by atoms with Crippen LogP contribution < -0.4 is 10.6 Å². The number of alkyl carbamates (subject to hydrolysis) is 1. The van der Waals surface area contributed by atoms with E-state index in [1.807, 2.05) is 0 Å². The van der Waals surface area contributed by atoms with Crippen molar-refractivity contribution in [2.24, 2.45) is 0 Å². The Morgan fingerprint density at radius 3 is 1.40 bits per heavy atom. The normalized spacial score (nSPS) is 30.3. The molecule has 39 heteroatoms. The highest BCUT2D eigenvalue weighted by Gasteiger charge is 2.64. The highest BCUT2D eigenvalue weighted by atomic mass is 16.8. The first-order valence-corrected chi connectivity index (χ1v) is 29.5. The lowest BCUT2D eigenvalue weighted by atomic mass is 9.87. The second kappa shape index (κ2) is 37.1. The summed E-state index contributed by atoms with van der Waals surface area (Å²) in [5.41, 5.74) is 0. The van der Waals surface area contributed by atoms with Gasteiger partial charge in [-0.1, -0.05) is 12.7 Å². The molecule has 0 aromatic rings. The minimum absolute atomic E-state index is 0.516. The van der Waals surface area contributed by atoms with E-state index in [2.05, 4.69) is 17.2 Å². The van der Waals surface area contributed by atoms with Crippen LogP contribution in [0.2, 0.25) is 0 Å². The van der Waals surface area contributed by atoms with Gasteiger partial charge in [-0.05, 0) is 0 Å². The number of hydrogen-bond acceptors (Lipinski definition) is 37. The number of rotatable bonds is 29. The molecule has 0 aromatic heterocycles. The van der Waals surface area contributed by atoms with E-state index in [1.54, 1.807) is 0 Å². The zero-order chi connectivity index (χ0) is 72.9. The number of carbonyl (C=O) groups is 15. The number of esters is 13. The second-order valence-corrected chi connectivity index (χ2v) is 21.7. The zero-order valence-corrected chi connectivity index (χ0v) is 55.2. The number of methoxy groups -OCH3 is 1. The van der Waals surface area contributed by atoms with Crippen molar-refractivity contribution < 1.29 is 176 Å². The number of ether oxygens (including phenoxy) is 21. The van der Waals surface area contributed by atoms with Gasteiger partial charge in [0, 0.05) is 90.0 Å². The van der Waals surface area contributed by atoms with Crippen molar-refractivity contribution in [2.75, 3.05) is 40.1 Å². The predicted octanol–water partition coefficient (Wildman–Crippen LogP) is -2.54. The molecule has 4 saturated heterocycles. The minimum atomic E-state index is -3.26. The van der Waals surface area contributed by atoms with Gasteiger partial charge in [0.1, 0.15) is 94.0 Å². The fourth-order valence-electron chi connectivity index (χ4n) is 10.4. The lowest BCUT2D eigenvalue weighted by Gasteiger charge is -2.52. The molecular formula is C58H80N2O37. The molecule has 0 radical (unpaired) electrons. The average Bonchev–Trinajstić information content (AvgIpc) is 0.754. The molecule has 0 saturated carbocycles. The fraction of sp³-hybridized carbons (Fsp3) is 0.707. The van der Waals surface area contributed by atoms with Crippen molar-refractivity contribution in [3.63, 3.8) is 0 Å². The molecule has 97 heavy (non-hydrogen) atoms. The van der Waals surface area contributed by atoms with Crippen molar-refractivity contribution in [3.05, 3.63) is 12.7 Å². The summed E-state index contributed by atoms with van der Waals surface area (Å²) in [5, 5.41) is 17.8. The Labute approximate surface area is 553 Å². The Bertz CT molecular complexity index is 2880. The maximum atomic E-state index is 14.8. The van der Waals surface area contributed by atoms with Gasteiger partial charge in [-0.3, -0.25) is 62.3 Å². The van der Waals surface area contributed by atoms with Gasteiger partial charge in [-0.2, -0.15) is 0 Å². The average molecular weight is 1400 g/mol. The predicted molar refractivity (Wildman–Crippen MR) is 304 cm³/mol. The van der Waals surface area contributed by atoms with E-state index in [0.717, 1.165) is 103 Å². The standard InChI is InChI=1S/C58H80N2O37/c1-16-17-78-57(76)60-42-48(88-33(12)71)44(38(20-80-25(4)63)91-53(42)95-51-47(87-32(11)70)40(22-82-27(6)65)93-55(90-35(14)73)52(51)89-34(13)72)94-54-43(74)50(46(86-31(10)69)39(92-54)21-81-26(5)64)97-58(56(75)77-15)18-36(83-28(7)66)41(59-23(2)61)49(96-58)45(85-30(9)68)37(84-29(8)67)19-79-24(3)62/h16,36-55,74H,1,17-22H2,2-15H3,(H,59,61)(H,60,76)/t36-,37-,38+,39+,40+,41+,42+,43+,44+,45-,46-,47-,48+,49?,50+,51-,52+,53-,54-,55+,58-/m0/s1. The van der Waals surface area contributed by atoms with Crippen LogP contribution in [0.3, 0.4) is 0 Å². The molecule has 39 nitrogen and oxygen atoms in total. The Morgan fingerprint density at radius 1 is 0.485 bits per heavy atom. The molecule has 2 amide bonds. The van der Waals surface area contributed by atoms with E-state index in [0.29, 0.717) is 0 Å². The molecular weight excluding hydrogens is 1320 g/mol. The van der Waals surface area contributed by atoms with Crippen LogP contribution in [-0.2, 0) is 167 Å². The third kappa shape index (κ3) is 24.1. The van der Waals surface area contributed by atoms with Crippen molar-refractivity contribution >= 4 is 89.6 Å². The molecule has 4 aliphatic rings. The molecule has 0 bridgehead atoms. The van der Waals surface area contributed by atoms with Crippen molar-refractivity contribution in [1.29, 1.82) is 0 Å². The van der Waals surface area contributed by atoms with Crippen LogP contribution in [0.15, 0.2) is 12.7 Å². The number of aliphatic hydroxyl groups is 1. The van der Waals surface area contributed by atoms with Crippen molar-refractivity contribution in [1.82, 2.24) is 10.6 Å². The summed E-state index contributed by atoms with van der Waals surface area (Å²) >= 11 is 0. The lowest BCUT2D eigenvalue weighted by Crippen LogP contribution is -2.72. The van der Waals surface area contributed by atoms with E-state index < -0.39 is 257 Å². The fourth-order valence-corrected chi connectivity index (χ4v) is 10.4. The maximum absolute atomic E-state index is 14.8. The minimum Gasteiger partial charge on any atom is -0.465 e. The van der Waals surface area contributed by atoms with Crippen LogP contribution in [0.5, 0.6) is 0 Å². The summed E-state index contributed by atoms with van der Waals surface area (Å²) in [4.78, 5) is 196. The number of aliphatic hydroxyl groups excluding tert-OH is 1. The molecule has 0 aliphatic carbocycles. The number of hydrogen-bond donors (Lipinski definition) is 3. The molecule has 4 fully saturated rings. The largest absolute Gasteiger partial charge is 0.465 e. The van der Waals surface area contributed by atoms with Crippen molar-refractivity contribution in [3.8, 4) is 0 Å². The molecule has 0 aromatic carbocycles. The summed E-state index contributed by atoms with van der Waals surface area (Å²) in [6.07, 6.45) is -39.4. The third-order valence-electron chi connectivity index (χ3n) is 13.7. The van der Waals surface area contributed by atoms with E-state index in [4.69, 9.17) is 99.5 Å². The SMILES string of the molecule is C=CCOC(=O)N[C@H]1[C@H](O[C@H]2[C@@H](OC(C)=O)[C@@H](COC(C)=O)O[C@@H](OC(C)=O)[C@@H]2OC(C)=O)O[C@H](COC(C)=O)[C@@H](O[C@@H]2O[C@H](COC(C)=O)[C@H](OC(C)=O)[C@H](O[C@]3(C(=O)OC)C[C@H](OC(C)=O)[C@@H](NC(C)=O)C([C@@H](OC(C)=O)[C@H](COC(C)=O)OC(C)=O)O3)[C@H]2O)[C@@H]1OC(C)=O. The first kappa shape index (κ1) is 80.7. The van der Waals surface area contributed by atoms with Gasteiger partial charge in [0.15, 0.2) is 49.2 Å². The number of nitrogens with one attached hydrogen (secondary N) is 2. The molecule has 21 atom stereocenters. The van der Waals surface area contributed by atoms with Gasteiger partial charge < -0.3 is 115 Å². The van der Waals surface area contributed by atoms with Gasteiger partial charge in [0.05, 0.1) is 19.6 Å². The van der Waals surface area contributed by atoms with E-state index in [9.17, 15) is 77.0 Å². The molecule has 4 heterocycles. The highest BCUT2D eigenvalue weighted by molar-refractivity contribution is 5.79. The van der Waals surface area contributed by atoms with Crippen LogP contribution in [0.4, 0.5) is 4.79 Å². The van der Waals surface area contributed by atoms with Crippen LogP contribution in [0.25, 0.3) is 0 Å². The van der Waals surface area contributed by atoms with E-state index in [1.165, 1.54) is 0 Å². The Balaban J connectivity index is 2.11. The summed E-state index contributed by atoms with van der Waals surface area (Å²) in [7, 11) is 0.780. The molecule has 4 aliphatic heterocycles. The topological polar surface area (TPSA) is 494 Å². The first-order valence-electron chi connectivity index (χ1n) is 29.5. The maximum Gasteiger partial charge on any atom is 0.407 e. The molecule has 0 spiro atoms. The van der Waals surface area contributed by atoms with Gasteiger partial charge in [-0.15, -0.1) is 0 Å².